The van der Waals surface area contributed by atoms with Crippen LogP contribution in [0.2, 0.25) is 0 Å². The Bertz CT molecular complexity index is 2810. The number of benzene rings is 6. The Morgan fingerprint density at radius 1 is 0.435 bits per heavy atom. The van der Waals surface area contributed by atoms with Crippen molar-refractivity contribution in [3.8, 4) is 33.6 Å². The molecule has 0 radical (unpaired) electrons. The average Bonchev–Trinajstić information content (AvgIpc) is 3.70. The van der Waals surface area contributed by atoms with Gasteiger partial charge in [0, 0.05) is 58.4 Å². The van der Waals surface area contributed by atoms with E-state index in [1.54, 1.807) is 0 Å². The first-order chi connectivity index (χ1) is 22.8. The first-order valence-electron chi connectivity index (χ1n) is 15.4. The molecule has 0 aliphatic rings. The molecule has 46 heavy (non-hydrogen) atoms. The van der Waals surface area contributed by atoms with Gasteiger partial charge in [-0.1, -0.05) is 121 Å². The molecular weight excluding hydrogens is 581 g/mol. The summed E-state index contributed by atoms with van der Waals surface area (Å²) in [5.41, 5.74) is 9.96. The predicted octanol–water partition coefficient (Wildman–Crippen LogP) is 12.1. The molecule has 0 unspecified atom stereocenters. The first-order valence-corrected chi connectivity index (χ1v) is 16.2. The maximum Gasteiger partial charge on any atom is 0.143 e. The zero-order valence-corrected chi connectivity index (χ0v) is 25.4. The molecule has 0 saturated heterocycles. The molecule has 4 heterocycles. The van der Waals surface area contributed by atoms with Crippen LogP contribution in [0, 0.1) is 0 Å². The number of rotatable bonds is 3. The highest BCUT2D eigenvalue weighted by molar-refractivity contribution is 7.26. The topological polar surface area (TPSA) is 38.9 Å². The maximum absolute atomic E-state index is 6.30. The lowest BCUT2D eigenvalue weighted by Crippen LogP contribution is -1.91. The lowest BCUT2D eigenvalue weighted by molar-refractivity contribution is 0.670. The lowest BCUT2D eigenvalue weighted by atomic mass is 10.00. The normalized spacial score (nSPS) is 11.9. The molecule has 0 spiro atoms. The molecule has 10 rings (SSSR count). The van der Waals surface area contributed by atoms with Gasteiger partial charge in [-0.2, -0.15) is 0 Å². The van der Waals surface area contributed by atoms with E-state index in [9.17, 15) is 0 Å². The van der Waals surface area contributed by atoms with Crippen molar-refractivity contribution in [2.45, 2.75) is 0 Å². The quantitative estimate of drug-likeness (QED) is 0.188. The van der Waals surface area contributed by atoms with Gasteiger partial charge in [0.25, 0.3) is 0 Å². The molecule has 4 heteroatoms. The number of hydrogen-bond donors (Lipinski definition) is 0. The summed E-state index contributed by atoms with van der Waals surface area (Å²) >= 11 is 1.83. The fourth-order valence-corrected chi connectivity index (χ4v) is 8.05. The molecule has 0 aliphatic heterocycles. The van der Waals surface area contributed by atoms with Gasteiger partial charge in [0.2, 0.25) is 0 Å². The number of hydrogen-bond acceptors (Lipinski definition) is 4. The highest BCUT2D eigenvalue weighted by Gasteiger charge is 2.15. The van der Waals surface area contributed by atoms with Crippen LogP contribution in [0.4, 0.5) is 0 Å². The van der Waals surface area contributed by atoms with E-state index in [4.69, 9.17) is 14.4 Å². The second-order valence-electron chi connectivity index (χ2n) is 11.7. The van der Waals surface area contributed by atoms with Crippen LogP contribution in [0.3, 0.4) is 0 Å². The number of aromatic nitrogens is 2. The van der Waals surface area contributed by atoms with E-state index in [1.165, 1.54) is 20.2 Å². The molecule has 0 fully saturated rings. The van der Waals surface area contributed by atoms with Crippen molar-refractivity contribution in [2.24, 2.45) is 0 Å². The summed E-state index contributed by atoms with van der Waals surface area (Å²) in [6, 6.07) is 51.2. The number of fused-ring (bicyclic) bond motifs is 9. The summed E-state index contributed by atoms with van der Waals surface area (Å²) in [5.74, 6) is 0. The summed E-state index contributed by atoms with van der Waals surface area (Å²) < 4.78 is 8.86. The van der Waals surface area contributed by atoms with Crippen LogP contribution in [0.25, 0.3) is 97.6 Å². The third kappa shape index (κ3) is 3.84. The molecule has 0 bridgehead atoms. The van der Waals surface area contributed by atoms with Crippen LogP contribution in [0.5, 0.6) is 0 Å². The fraction of sp³-hybridized carbons (Fsp3) is 0. The highest BCUT2D eigenvalue weighted by Crippen LogP contribution is 2.40. The Balaban J connectivity index is 1.08. The molecule has 0 aliphatic carbocycles. The molecule has 0 saturated carbocycles. The number of pyridine rings is 2. The standard InChI is InChI=1S/C42H24N2OS/c1-3-13-37-30(7-1)32-10-5-9-29(41(32)45-37)25-15-17-26(18-16-25)35-23-21-27-19-20-28-22-24-36(44-40(28)39(27)43-35)34-12-6-11-33-31-8-2-4-14-38(31)46-42(33)34/h1-24H. The van der Waals surface area contributed by atoms with E-state index in [2.05, 4.69) is 133 Å². The third-order valence-corrected chi connectivity index (χ3v) is 10.3. The van der Waals surface area contributed by atoms with E-state index in [-0.39, 0.29) is 0 Å². The largest absolute Gasteiger partial charge is 0.455 e. The predicted molar refractivity (Wildman–Crippen MR) is 194 cm³/mol. The zero-order chi connectivity index (χ0) is 30.2. The molecule has 3 nitrogen and oxygen atoms in total. The van der Waals surface area contributed by atoms with E-state index >= 15 is 0 Å². The van der Waals surface area contributed by atoms with Crippen molar-refractivity contribution < 1.29 is 4.42 Å². The summed E-state index contributed by atoms with van der Waals surface area (Å²) in [5, 5.41) is 7.00. The maximum atomic E-state index is 6.30. The van der Waals surface area contributed by atoms with E-state index < -0.39 is 0 Å². The van der Waals surface area contributed by atoms with Gasteiger partial charge in [-0.05, 0) is 29.8 Å². The van der Waals surface area contributed by atoms with Crippen LogP contribution in [-0.2, 0) is 0 Å². The van der Waals surface area contributed by atoms with Gasteiger partial charge >= 0.3 is 0 Å². The molecule has 214 valence electrons. The fourth-order valence-electron chi connectivity index (χ4n) is 6.82. The molecule has 0 N–H and O–H groups in total. The average molecular weight is 605 g/mol. The Hall–Kier alpha value is -5.84. The molecule has 10 aromatic rings. The lowest BCUT2D eigenvalue weighted by Gasteiger charge is -2.09. The van der Waals surface area contributed by atoms with Gasteiger partial charge in [0.15, 0.2) is 0 Å². The molecule has 6 aromatic carbocycles. The Morgan fingerprint density at radius 3 is 1.87 bits per heavy atom. The minimum Gasteiger partial charge on any atom is -0.455 e. The van der Waals surface area contributed by atoms with Gasteiger partial charge in [-0.3, -0.25) is 0 Å². The minimum absolute atomic E-state index is 0.909. The van der Waals surface area contributed by atoms with Crippen molar-refractivity contribution in [3.63, 3.8) is 0 Å². The first kappa shape index (κ1) is 25.5. The zero-order valence-electron chi connectivity index (χ0n) is 24.6. The van der Waals surface area contributed by atoms with Crippen LogP contribution < -0.4 is 0 Å². The van der Waals surface area contributed by atoms with Gasteiger partial charge in [-0.15, -0.1) is 11.3 Å². The summed E-state index contributed by atoms with van der Waals surface area (Å²) in [6.45, 7) is 0. The van der Waals surface area contributed by atoms with Gasteiger partial charge in [0.05, 0.1) is 22.4 Å². The molecule has 0 amide bonds. The number of thiophene rings is 1. The summed E-state index contributed by atoms with van der Waals surface area (Å²) in [6.07, 6.45) is 0. The number of para-hydroxylation sites is 2. The van der Waals surface area contributed by atoms with E-state index in [1.807, 2.05) is 23.5 Å². The SMILES string of the molecule is c1ccc2c(c1)oc1c(-c3ccc(-c4ccc5ccc6ccc(-c7cccc8c7sc7ccccc78)nc6c5n4)cc3)cccc12. The monoisotopic (exact) mass is 604 g/mol. The van der Waals surface area contributed by atoms with Crippen LogP contribution in [-0.4, -0.2) is 9.97 Å². The van der Waals surface area contributed by atoms with Crippen LogP contribution in [0.1, 0.15) is 0 Å². The molecule has 0 atom stereocenters. The van der Waals surface area contributed by atoms with Crippen molar-refractivity contribution in [2.75, 3.05) is 0 Å². The van der Waals surface area contributed by atoms with Crippen molar-refractivity contribution in [3.05, 3.63) is 146 Å². The van der Waals surface area contributed by atoms with Crippen LogP contribution in [0.15, 0.2) is 150 Å². The van der Waals surface area contributed by atoms with Crippen molar-refractivity contribution in [1.82, 2.24) is 9.97 Å². The number of furan rings is 1. The van der Waals surface area contributed by atoms with E-state index in [0.29, 0.717) is 0 Å². The Labute approximate surface area is 268 Å². The van der Waals surface area contributed by atoms with Crippen LogP contribution >= 0.6 is 11.3 Å². The second-order valence-corrected chi connectivity index (χ2v) is 12.8. The number of nitrogens with zero attached hydrogens (tertiary/aromatic N) is 2. The summed E-state index contributed by atoms with van der Waals surface area (Å²) in [7, 11) is 0. The molecule has 4 aromatic heterocycles. The molecular formula is C42H24N2OS. The van der Waals surface area contributed by atoms with Crippen molar-refractivity contribution >= 4 is 75.3 Å². The third-order valence-electron chi connectivity index (χ3n) is 9.10. The highest BCUT2D eigenvalue weighted by atomic mass is 32.1. The Morgan fingerprint density at radius 2 is 1.04 bits per heavy atom. The van der Waals surface area contributed by atoms with Gasteiger partial charge in [-0.25, -0.2) is 9.97 Å². The summed E-state index contributed by atoms with van der Waals surface area (Å²) in [4.78, 5) is 10.5. The smallest absolute Gasteiger partial charge is 0.143 e. The van der Waals surface area contributed by atoms with Gasteiger partial charge < -0.3 is 4.42 Å². The van der Waals surface area contributed by atoms with E-state index in [0.717, 1.165) is 77.4 Å². The second kappa shape index (κ2) is 9.83. The van der Waals surface area contributed by atoms with Crippen molar-refractivity contribution in [1.29, 1.82) is 0 Å². The van der Waals surface area contributed by atoms with Gasteiger partial charge in [0.1, 0.15) is 11.2 Å². The Kier molecular flexibility index (Phi) is 5.45. The minimum atomic E-state index is 0.909.